The Balaban J connectivity index is 0.000000266. The molecule has 10 N–H and O–H groups in total. The fourth-order valence-corrected chi connectivity index (χ4v) is 17.3. The van der Waals surface area contributed by atoms with Crippen LogP contribution in [0.15, 0.2) is 216 Å². The third kappa shape index (κ3) is 23.8. The lowest BCUT2D eigenvalue weighted by Crippen LogP contribution is -2.49. The Morgan fingerprint density at radius 2 is 0.782 bits per heavy atom. The molecule has 676 valence electrons. The Kier molecular flexibility index (Phi) is 34.9. The van der Waals surface area contributed by atoms with Gasteiger partial charge in [0.25, 0.3) is 30.8 Å². The average Bonchev–Trinajstić information content (AvgIpc) is 1.03. The molecule has 124 heavy (non-hydrogen) atoms. The molecule has 1 aliphatic heterocycles. The number of nitrogens with one attached hydrogen (secondary N) is 3. The van der Waals surface area contributed by atoms with Gasteiger partial charge in [-0.15, -0.1) is 0 Å². The molecule has 2 heterocycles. The van der Waals surface area contributed by atoms with Crippen LogP contribution in [0.3, 0.4) is 0 Å². The number of phenolic OH excluding ortho intramolecular Hbond substituents is 5. The first-order valence-corrected chi connectivity index (χ1v) is 46.2. The fraction of sp³-hybridized carbons (Fsp3) is 0.280. The molecular formula is C75H92ClN11O30S7. The molecule has 0 aliphatic carbocycles. The molecule has 0 saturated carbocycles. The van der Waals surface area contributed by atoms with E-state index < -0.39 is 135 Å². The average molecular weight is 1890 g/mol. The number of rotatable bonds is 25. The first-order chi connectivity index (χ1) is 57.3. The molecule has 11 rings (SSSR count). The first kappa shape index (κ1) is 103. The Morgan fingerprint density at radius 3 is 1.16 bits per heavy atom. The van der Waals surface area contributed by atoms with E-state index in [-0.39, 0.29) is 86.2 Å². The minimum absolute atomic E-state index is 0.00540. The van der Waals surface area contributed by atoms with E-state index in [1.807, 2.05) is 19.9 Å². The minimum Gasteiger partial charge on any atom is -0.507 e. The molecular weight excluding hydrogens is 1790 g/mol. The molecule has 10 aromatic rings. The number of para-hydroxylation sites is 7. The van der Waals surface area contributed by atoms with Crippen LogP contribution in [0.4, 0.5) is 39.8 Å². The van der Waals surface area contributed by atoms with E-state index in [0.717, 1.165) is 38.0 Å². The van der Waals surface area contributed by atoms with Crippen molar-refractivity contribution >= 4 is 120 Å². The third-order valence-electron chi connectivity index (χ3n) is 17.4. The van der Waals surface area contributed by atoms with Crippen LogP contribution in [0.25, 0.3) is 0 Å². The predicted molar refractivity (Wildman–Crippen MR) is 460 cm³/mol. The number of methoxy groups -OCH3 is 3. The number of nitro benzene ring substituents is 1. The van der Waals surface area contributed by atoms with Crippen molar-refractivity contribution in [1.29, 1.82) is 0 Å². The molecule has 49 heteroatoms. The molecule has 0 spiro atoms. The number of aryl methyl sites for hydroxylation is 1. The standard InChI is InChI=1S/C22H25N3O7S.C13H14N2O6S.C9H13NO3S.C8H10N2O5S.C8H12N2O3S.C8H11NO3S.C7H7ClO3S/c1-12-8-9-14(32-12)21(22(2)10-31-11-22)24-17-16(19(27)20(17)28)23-13-6-5-7-15(18(13)26)33(29,30)25(3)4;1-15(2)22(19,20)8-6-4-5-7(10(8)16)14-9-11(17)12(18)13(9)21-3;1-10(2)14(11,12)9-7-5-4-6-8(9)13-3;1-9(2)16(14,15)7-5-3-4-6(8(7)11)10(12)13;1-10(2)14(12,13)7-5-3-4-6(9)8(7)11;1-9(2)13(11,12)8-6-4-3-5-7(8)10;1-11-6-4-2-3-5-7(6)12(8,9)10/h5-9,21,23-24,26H,10-11H2,1-4H3;4-6,14,16H,1-3H3;4-7H,1-3H3;3-5,11H,1-2H3;3-5,11H,9H2,1-2H3;3-6,10H,1-2H3;2-5H,1H3. The van der Waals surface area contributed by atoms with Gasteiger partial charge < -0.3 is 70.6 Å². The summed E-state index contributed by atoms with van der Waals surface area (Å²) < 4.78 is 196. The van der Waals surface area contributed by atoms with Gasteiger partial charge in [0.05, 0.1) is 62.6 Å². The molecule has 1 fully saturated rings. The smallest absolute Gasteiger partial charge is 0.312 e. The topological polar surface area (TPSA) is 583 Å². The van der Waals surface area contributed by atoms with Crippen LogP contribution < -0.4 is 57.6 Å². The SMILES string of the molecule is CN(C)S(=O)(=O)c1cccc(N)c1O.CN(C)S(=O)(=O)c1cccc([N+](=O)[O-])c1O.CN(C)S(=O)(=O)c1ccccc1O.COc1c(Nc2cccc(S(=O)(=O)N(C)C)c2O)c(=O)c1=O.COc1ccccc1S(=O)(=O)Cl.COc1ccccc1S(=O)(=O)N(C)C.Cc1ccc(C(Nc2c(Nc3cccc(S(=O)(=O)N(C)C)c3O)c(=O)c2=O)C2(C)COC2)o1. The number of hydrogen-bond acceptors (Lipinski definition) is 34. The molecule has 1 saturated heterocycles. The minimum atomic E-state index is -3.93. The molecule has 0 radical (unpaired) electrons. The summed E-state index contributed by atoms with van der Waals surface area (Å²) >= 11 is 0. The molecule has 9 aromatic carbocycles. The van der Waals surface area contributed by atoms with Gasteiger partial charge >= 0.3 is 5.69 Å². The highest BCUT2D eigenvalue weighted by Crippen LogP contribution is 2.45. The number of phenols is 5. The molecule has 1 aromatic heterocycles. The zero-order valence-electron chi connectivity index (χ0n) is 69.4. The Bertz CT molecular complexity index is 6530. The zero-order chi connectivity index (χ0) is 94.2. The van der Waals surface area contributed by atoms with Gasteiger partial charge in [0.1, 0.15) is 80.1 Å². The van der Waals surface area contributed by atoms with E-state index in [1.54, 1.807) is 48.5 Å². The van der Waals surface area contributed by atoms with Crippen LogP contribution in [0.2, 0.25) is 0 Å². The van der Waals surface area contributed by atoms with Crippen molar-refractivity contribution in [2.75, 3.05) is 141 Å². The van der Waals surface area contributed by atoms with Gasteiger partial charge in [-0.3, -0.25) is 29.3 Å². The number of hydrogen-bond donors (Lipinski definition) is 9. The summed E-state index contributed by atoms with van der Waals surface area (Å²) in [5, 5.41) is 67.8. The largest absolute Gasteiger partial charge is 0.507 e. The molecule has 1 atom stereocenters. The van der Waals surface area contributed by atoms with Crippen LogP contribution in [-0.4, -0.2) is 234 Å². The zero-order valence-corrected chi connectivity index (χ0v) is 75.9. The Labute approximate surface area is 720 Å². The van der Waals surface area contributed by atoms with E-state index >= 15 is 0 Å². The van der Waals surface area contributed by atoms with Gasteiger partial charge in [-0.05, 0) is 97.9 Å². The summed E-state index contributed by atoms with van der Waals surface area (Å²) in [6.07, 6.45) is 0. The van der Waals surface area contributed by atoms with Crippen molar-refractivity contribution in [3.05, 3.63) is 220 Å². The second-order valence-electron chi connectivity index (χ2n) is 27.2. The van der Waals surface area contributed by atoms with Gasteiger partial charge in [0.2, 0.25) is 65.9 Å². The molecule has 1 unspecified atom stereocenters. The third-order valence-corrected chi connectivity index (χ3v) is 29.9. The second kappa shape index (κ2) is 41.9. The van der Waals surface area contributed by atoms with Crippen molar-refractivity contribution in [1.82, 2.24) is 25.8 Å². The van der Waals surface area contributed by atoms with E-state index in [2.05, 4.69) is 16.0 Å². The number of nitrogen functional groups attached to an aromatic ring is 1. The number of sulfonamides is 6. The van der Waals surface area contributed by atoms with Crippen LogP contribution in [0, 0.1) is 22.5 Å². The maximum atomic E-state index is 12.5. The van der Waals surface area contributed by atoms with Crippen LogP contribution in [-0.2, 0) is 73.9 Å². The summed E-state index contributed by atoms with van der Waals surface area (Å²) in [4.78, 5) is 56.0. The molecule has 0 bridgehead atoms. The summed E-state index contributed by atoms with van der Waals surface area (Å²) in [7, 11) is -0.254. The second-order valence-corrected chi connectivity index (χ2v) is 42.5. The maximum absolute atomic E-state index is 12.5. The highest BCUT2D eigenvalue weighted by Gasteiger charge is 2.45. The Hall–Kier alpha value is -11.4. The number of nitro groups is 1. The van der Waals surface area contributed by atoms with Gasteiger partial charge in [-0.2, -0.15) is 0 Å². The van der Waals surface area contributed by atoms with Crippen LogP contribution in [0.1, 0.15) is 24.5 Å². The van der Waals surface area contributed by atoms with Gasteiger partial charge in [0.15, 0.2) is 23.0 Å². The van der Waals surface area contributed by atoms with Crippen molar-refractivity contribution in [2.24, 2.45) is 5.41 Å². The summed E-state index contributed by atoms with van der Waals surface area (Å²) in [6.45, 7) is 4.66. The lowest BCUT2D eigenvalue weighted by molar-refractivity contribution is -0.386. The summed E-state index contributed by atoms with van der Waals surface area (Å²) in [5.74, 6) is -0.821. The van der Waals surface area contributed by atoms with E-state index in [4.69, 9.17) is 39.8 Å². The van der Waals surface area contributed by atoms with Gasteiger partial charge in [-0.1, -0.05) is 67.6 Å². The molecule has 0 amide bonds. The lowest BCUT2D eigenvalue weighted by Gasteiger charge is -2.44. The number of aromatic hydroxyl groups is 5. The van der Waals surface area contributed by atoms with Gasteiger partial charge in [0, 0.05) is 107 Å². The number of nitrogens with zero attached hydrogens (tertiary/aromatic N) is 7. The summed E-state index contributed by atoms with van der Waals surface area (Å²) in [5.41, 5.74) is 1.17. The van der Waals surface area contributed by atoms with Gasteiger partial charge in [-0.25, -0.2) is 84.8 Å². The fourth-order valence-electron chi connectivity index (χ4n) is 10.3. The quantitative estimate of drug-likeness (QED) is 0.00785. The van der Waals surface area contributed by atoms with Crippen molar-refractivity contribution in [3.8, 4) is 46.0 Å². The maximum Gasteiger partial charge on any atom is 0.312 e. The first-order valence-electron chi connectivity index (χ1n) is 35.2. The van der Waals surface area contributed by atoms with Crippen molar-refractivity contribution < 1.29 is 113 Å². The number of furan rings is 1. The van der Waals surface area contributed by atoms with Crippen LogP contribution in [0.5, 0.6) is 46.0 Å². The molecule has 1 aliphatic rings. The number of halogens is 1. The monoisotopic (exact) mass is 1890 g/mol. The Morgan fingerprint density at radius 1 is 0.435 bits per heavy atom. The normalized spacial score (nSPS) is 13.0. The predicted octanol–water partition coefficient (Wildman–Crippen LogP) is 6.05. The summed E-state index contributed by atoms with van der Waals surface area (Å²) in [6, 6.07) is 37.4. The highest BCUT2D eigenvalue weighted by atomic mass is 35.7. The number of benzene rings is 7. The lowest BCUT2D eigenvalue weighted by atomic mass is 9.79. The number of ether oxygens (including phenoxy) is 4. The van der Waals surface area contributed by atoms with E-state index in [1.165, 1.54) is 197 Å². The molecule has 41 nitrogen and oxygen atoms in total. The van der Waals surface area contributed by atoms with E-state index in [0.29, 0.717) is 30.5 Å². The number of nitrogens with two attached hydrogens (primary N) is 1. The highest BCUT2D eigenvalue weighted by molar-refractivity contribution is 8.13. The number of anilines is 6. The van der Waals surface area contributed by atoms with Crippen LogP contribution >= 0.6 is 10.7 Å². The van der Waals surface area contributed by atoms with Crippen molar-refractivity contribution in [2.45, 2.75) is 54.2 Å². The van der Waals surface area contributed by atoms with Crippen molar-refractivity contribution in [3.63, 3.8) is 0 Å². The van der Waals surface area contributed by atoms with E-state index in [9.17, 15) is 114 Å².